The van der Waals surface area contributed by atoms with Gasteiger partial charge < -0.3 is 19.7 Å². The van der Waals surface area contributed by atoms with Gasteiger partial charge in [0.25, 0.3) is 5.91 Å². The standard InChI is InChI=1S/C25H31N3O4/c1-4-5-9-16-28-17-21(23(29)26-19-10-7-6-8-11-19)27-22(28)18-12-14-20(15-13-18)32-25(2,3)24(30)31/h6-8,10-14,17,20H,4-5,9,15-16H2,1-3H3,(H,26,29)(H,30,31). The van der Waals surface area contributed by atoms with Gasteiger partial charge in [0.2, 0.25) is 0 Å². The van der Waals surface area contributed by atoms with Gasteiger partial charge in [0.05, 0.1) is 6.10 Å². The Bertz CT molecular complexity index is 1010. The topological polar surface area (TPSA) is 93.5 Å². The Labute approximate surface area is 188 Å². The Hall–Kier alpha value is -3.19. The smallest absolute Gasteiger partial charge is 0.335 e. The van der Waals surface area contributed by atoms with Crippen LogP contribution in [0.3, 0.4) is 0 Å². The van der Waals surface area contributed by atoms with Gasteiger partial charge in [-0.2, -0.15) is 0 Å². The van der Waals surface area contributed by atoms with Crippen molar-refractivity contribution in [1.82, 2.24) is 9.55 Å². The summed E-state index contributed by atoms with van der Waals surface area (Å²) in [6.45, 7) is 6.01. The summed E-state index contributed by atoms with van der Waals surface area (Å²) >= 11 is 0. The van der Waals surface area contributed by atoms with Crippen molar-refractivity contribution >= 4 is 23.1 Å². The first kappa shape index (κ1) is 23.5. The van der Waals surface area contributed by atoms with Crippen LogP contribution in [0, 0.1) is 0 Å². The van der Waals surface area contributed by atoms with Crippen molar-refractivity contribution in [1.29, 1.82) is 0 Å². The summed E-state index contributed by atoms with van der Waals surface area (Å²) in [4.78, 5) is 28.7. The Morgan fingerprint density at radius 3 is 2.62 bits per heavy atom. The lowest BCUT2D eigenvalue weighted by atomic mass is 10.0. The largest absolute Gasteiger partial charge is 0.479 e. The first-order valence-corrected chi connectivity index (χ1v) is 11.0. The number of carbonyl (C=O) groups excluding carboxylic acids is 1. The van der Waals surface area contributed by atoms with Crippen LogP contribution in [0.25, 0.3) is 5.57 Å². The zero-order valence-electron chi connectivity index (χ0n) is 18.9. The van der Waals surface area contributed by atoms with Gasteiger partial charge in [-0.1, -0.05) is 56.2 Å². The second-order valence-corrected chi connectivity index (χ2v) is 8.40. The number of aliphatic carboxylic acids is 1. The number of rotatable bonds is 10. The molecule has 2 N–H and O–H groups in total. The molecule has 0 aliphatic heterocycles. The molecule has 32 heavy (non-hydrogen) atoms. The van der Waals surface area contributed by atoms with Crippen molar-refractivity contribution in [3.05, 3.63) is 66.3 Å². The minimum atomic E-state index is -1.26. The molecule has 1 heterocycles. The maximum absolute atomic E-state index is 12.8. The van der Waals surface area contributed by atoms with E-state index in [1.54, 1.807) is 20.0 Å². The number of hydrogen-bond acceptors (Lipinski definition) is 4. The molecule has 0 fully saturated rings. The van der Waals surface area contributed by atoms with Crippen molar-refractivity contribution in [2.24, 2.45) is 0 Å². The summed E-state index contributed by atoms with van der Waals surface area (Å²) in [6, 6.07) is 9.30. The highest BCUT2D eigenvalue weighted by atomic mass is 16.5. The third-order valence-electron chi connectivity index (χ3n) is 5.32. The Morgan fingerprint density at radius 2 is 2.00 bits per heavy atom. The third-order valence-corrected chi connectivity index (χ3v) is 5.32. The summed E-state index contributed by atoms with van der Waals surface area (Å²) in [5.74, 6) is -0.524. The van der Waals surface area contributed by atoms with Gasteiger partial charge in [-0.3, -0.25) is 4.79 Å². The number of allylic oxidation sites excluding steroid dienone is 2. The van der Waals surface area contributed by atoms with Crippen LogP contribution in [0.15, 0.2) is 54.8 Å². The number of para-hydroxylation sites is 1. The Kier molecular flexibility index (Phi) is 7.64. The first-order valence-electron chi connectivity index (χ1n) is 11.0. The van der Waals surface area contributed by atoms with E-state index in [0.29, 0.717) is 12.1 Å². The number of benzene rings is 1. The number of nitrogens with zero attached hydrogens (tertiary/aromatic N) is 2. The zero-order valence-corrected chi connectivity index (χ0v) is 18.9. The average molecular weight is 438 g/mol. The van der Waals surface area contributed by atoms with Crippen LogP contribution in [0.2, 0.25) is 0 Å². The maximum atomic E-state index is 12.8. The molecule has 0 saturated carbocycles. The number of carboxylic acids is 1. The van der Waals surface area contributed by atoms with Crippen molar-refractivity contribution in [3.8, 4) is 0 Å². The van der Waals surface area contributed by atoms with E-state index >= 15 is 0 Å². The van der Waals surface area contributed by atoms with Crippen molar-refractivity contribution in [2.45, 2.75) is 64.7 Å². The number of imidazole rings is 1. The van der Waals surface area contributed by atoms with E-state index in [-0.39, 0.29) is 12.0 Å². The molecule has 1 aromatic carbocycles. The van der Waals surface area contributed by atoms with Crippen LogP contribution in [0.4, 0.5) is 5.69 Å². The molecule has 7 heteroatoms. The normalized spacial score (nSPS) is 16.0. The molecule has 7 nitrogen and oxygen atoms in total. The molecule has 1 aromatic heterocycles. The molecule has 3 rings (SSSR count). The number of aromatic nitrogens is 2. The van der Waals surface area contributed by atoms with Crippen molar-refractivity contribution < 1.29 is 19.4 Å². The minimum Gasteiger partial charge on any atom is -0.479 e. The van der Waals surface area contributed by atoms with E-state index in [1.807, 2.05) is 53.1 Å². The van der Waals surface area contributed by atoms with Gasteiger partial charge >= 0.3 is 5.97 Å². The lowest BCUT2D eigenvalue weighted by Gasteiger charge is -2.26. The zero-order chi connectivity index (χ0) is 23.1. The number of ether oxygens (including phenoxy) is 1. The molecule has 1 unspecified atom stereocenters. The number of anilines is 1. The summed E-state index contributed by atoms with van der Waals surface area (Å²) in [7, 11) is 0. The van der Waals surface area contributed by atoms with Gasteiger partial charge in [0.1, 0.15) is 11.5 Å². The van der Waals surface area contributed by atoms with Gasteiger partial charge in [-0.05, 0) is 38.8 Å². The van der Waals surface area contributed by atoms with E-state index in [0.717, 1.165) is 42.9 Å². The Morgan fingerprint density at radius 1 is 1.25 bits per heavy atom. The maximum Gasteiger partial charge on any atom is 0.335 e. The molecular weight excluding hydrogens is 406 g/mol. The molecule has 1 aliphatic carbocycles. The molecule has 0 radical (unpaired) electrons. The second-order valence-electron chi connectivity index (χ2n) is 8.40. The van der Waals surface area contributed by atoms with Crippen molar-refractivity contribution in [2.75, 3.05) is 5.32 Å². The molecular formula is C25H31N3O4. The molecule has 170 valence electrons. The van der Waals surface area contributed by atoms with Gasteiger partial charge in [0, 0.05) is 24.0 Å². The molecule has 0 spiro atoms. The predicted molar refractivity (Wildman–Crippen MR) is 124 cm³/mol. The number of unbranched alkanes of at least 4 members (excludes halogenated alkanes) is 2. The van der Waals surface area contributed by atoms with E-state index < -0.39 is 11.6 Å². The number of carbonyl (C=O) groups is 2. The Balaban J connectivity index is 1.78. The monoisotopic (exact) mass is 437 g/mol. The van der Waals surface area contributed by atoms with Crippen molar-refractivity contribution in [3.63, 3.8) is 0 Å². The van der Waals surface area contributed by atoms with Crippen LogP contribution in [0.1, 0.15) is 62.8 Å². The molecule has 1 amide bonds. The van der Waals surface area contributed by atoms with E-state index in [9.17, 15) is 14.7 Å². The third kappa shape index (κ3) is 5.95. The minimum absolute atomic E-state index is 0.253. The summed E-state index contributed by atoms with van der Waals surface area (Å²) in [5, 5.41) is 12.2. The summed E-state index contributed by atoms with van der Waals surface area (Å²) in [6.07, 6.45) is 10.9. The predicted octanol–water partition coefficient (Wildman–Crippen LogP) is 4.92. The summed E-state index contributed by atoms with van der Waals surface area (Å²) < 4.78 is 7.74. The fourth-order valence-corrected chi connectivity index (χ4v) is 3.46. The molecule has 0 bridgehead atoms. The number of nitrogens with one attached hydrogen (secondary N) is 1. The van der Waals surface area contributed by atoms with Crippen LogP contribution in [0.5, 0.6) is 0 Å². The summed E-state index contributed by atoms with van der Waals surface area (Å²) in [5.41, 5.74) is 0.715. The van der Waals surface area contributed by atoms with Gasteiger partial charge in [-0.25, -0.2) is 9.78 Å². The van der Waals surface area contributed by atoms with E-state index in [1.165, 1.54) is 0 Å². The average Bonchev–Trinajstić information content (AvgIpc) is 3.19. The molecule has 1 atom stereocenters. The van der Waals surface area contributed by atoms with E-state index in [4.69, 9.17) is 4.74 Å². The number of carboxylic acid groups (broad SMARTS) is 1. The first-order chi connectivity index (χ1) is 15.3. The van der Waals surface area contributed by atoms with Crippen LogP contribution < -0.4 is 5.32 Å². The quantitative estimate of drug-likeness (QED) is 0.515. The fraction of sp³-hybridized carbons (Fsp3) is 0.400. The van der Waals surface area contributed by atoms with Gasteiger partial charge in [0.15, 0.2) is 5.60 Å². The highest BCUT2D eigenvalue weighted by molar-refractivity contribution is 6.03. The lowest BCUT2D eigenvalue weighted by molar-refractivity contribution is -0.165. The molecule has 0 saturated heterocycles. The number of amides is 1. The lowest BCUT2D eigenvalue weighted by Crippen LogP contribution is -2.38. The molecule has 1 aliphatic rings. The highest BCUT2D eigenvalue weighted by Gasteiger charge is 2.31. The fourth-order valence-electron chi connectivity index (χ4n) is 3.46. The SMILES string of the molecule is CCCCCn1cc(C(=O)Nc2ccccc2)nc1C1=CCC(OC(C)(C)C(=O)O)C=C1. The van der Waals surface area contributed by atoms with Gasteiger partial charge in [-0.15, -0.1) is 0 Å². The van der Waals surface area contributed by atoms with E-state index in [2.05, 4.69) is 17.2 Å². The van der Waals surface area contributed by atoms with Crippen LogP contribution in [-0.2, 0) is 16.1 Å². The van der Waals surface area contributed by atoms with Crippen LogP contribution >= 0.6 is 0 Å². The number of hydrogen-bond donors (Lipinski definition) is 2. The van der Waals surface area contributed by atoms with Crippen LogP contribution in [-0.4, -0.2) is 38.2 Å². The molecule has 2 aromatic rings. The number of aryl methyl sites for hydroxylation is 1. The second kappa shape index (κ2) is 10.4. The highest BCUT2D eigenvalue weighted by Crippen LogP contribution is 2.26.